The normalized spacial score (nSPS) is 15.4. The fourth-order valence-corrected chi connectivity index (χ4v) is 2.59. The molecule has 1 fully saturated rings. The number of hydrogen-bond acceptors (Lipinski definition) is 3. The molecule has 1 aliphatic heterocycles. The van der Waals surface area contributed by atoms with Crippen molar-refractivity contribution in [3.63, 3.8) is 0 Å². The molecule has 1 aromatic rings. The van der Waals surface area contributed by atoms with Crippen LogP contribution in [0.15, 0.2) is 24.4 Å². The topological polar surface area (TPSA) is 36.4 Å². The third-order valence-corrected chi connectivity index (χ3v) is 3.85. The van der Waals surface area contributed by atoms with E-state index in [4.69, 9.17) is 0 Å². The highest BCUT2D eigenvalue weighted by Crippen LogP contribution is 2.13. The van der Waals surface area contributed by atoms with Crippen LogP contribution in [-0.2, 0) is 4.79 Å². The summed E-state index contributed by atoms with van der Waals surface area (Å²) in [5.74, 6) is 1.34. The Bertz CT molecular complexity index is 399. The molecule has 0 atom stereocenters. The van der Waals surface area contributed by atoms with Crippen LogP contribution in [0, 0.1) is 0 Å². The van der Waals surface area contributed by atoms with Crippen molar-refractivity contribution >= 4 is 11.7 Å². The predicted octanol–water partition coefficient (Wildman–Crippen LogP) is 2.70. The Morgan fingerprint density at radius 2 is 1.95 bits per heavy atom. The van der Waals surface area contributed by atoms with Gasteiger partial charge < -0.3 is 9.80 Å². The van der Waals surface area contributed by atoms with Crippen LogP contribution in [0.3, 0.4) is 0 Å². The first-order chi connectivity index (χ1) is 9.81. The van der Waals surface area contributed by atoms with Crippen molar-refractivity contribution in [1.82, 2.24) is 9.88 Å². The molecular weight excluding hydrogens is 250 g/mol. The zero-order valence-corrected chi connectivity index (χ0v) is 12.4. The molecule has 2 heterocycles. The van der Waals surface area contributed by atoms with Crippen molar-refractivity contribution < 1.29 is 4.79 Å². The summed E-state index contributed by atoms with van der Waals surface area (Å²) in [5.41, 5.74) is 0. The molecule has 1 aromatic heterocycles. The van der Waals surface area contributed by atoms with E-state index in [0.29, 0.717) is 12.3 Å². The maximum Gasteiger partial charge on any atom is 0.222 e. The molecule has 0 radical (unpaired) electrons. The Morgan fingerprint density at radius 1 is 1.15 bits per heavy atom. The second-order valence-corrected chi connectivity index (χ2v) is 5.37. The SMILES string of the molecule is CCCCCCC(=O)N1CCN(c2ccccn2)CC1. The molecule has 0 aromatic carbocycles. The van der Waals surface area contributed by atoms with Gasteiger partial charge in [-0.1, -0.05) is 32.3 Å². The lowest BCUT2D eigenvalue weighted by molar-refractivity contribution is -0.131. The fourth-order valence-electron chi connectivity index (χ4n) is 2.59. The lowest BCUT2D eigenvalue weighted by Gasteiger charge is -2.35. The van der Waals surface area contributed by atoms with Crippen molar-refractivity contribution in [2.45, 2.75) is 39.0 Å². The number of piperazine rings is 1. The molecule has 0 aliphatic carbocycles. The smallest absolute Gasteiger partial charge is 0.222 e. The van der Waals surface area contributed by atoms with Crippen LogP contribution in [0.25, 0.3) is 0 Å². The fraction of sp³-hybridized carbons (Fsp3) is 0.625. The van der Waals surface area contributed by atoms with E-state index < -0.39 is 0 Å². The maximum atomic E-state index is 12.1. The summed E-state index contributed by atoms with van der Waals surface area (Å²) in [6.07, 6.45) is 7.20. The molecule has 0 bridgehead atoms. The monoisotopic (exact) mass is 275 g/mol. The Morgan fingerprint density at radius 3 is 2.60 bits per heavy atom. The second-order valence-electron chi connectivity index (χ2n) is 5.37. The molecular formula is C16H25N3O. The second kappa shape index (κ2) is 7.88. The Balaban J connectivity index is 1.72. The molecule has 1 saturated heterocycles. The van der Waals surface area contributed by atoms with Crippen molar-refractivity contribution in [3.05, 3.63) is 24.4 Å². The molecule has 2 rings (SSSR count). The molecule has 0 saturated carbocycles. The number of amides is 1. The highest BCUT2D eigenvalue weighted by molar-refractivity contribution is 5.76. The van der Waals surface area contributed by atoms with Crippen molar-refractivity contribution in [2.24, 2.45) is 0 Å². The minimum Gasteiger partial charge on any atom is -0.353 e. The van der Waals surface area contributed by atoms with Crippen molar-refractivity contribution in [2.75, 3.05) is 31.1 Å². The average Bonchev–Trinajstić information content (AvgIpc) is 2.52. The van der Waals surface area contributed by atoms with Gasteiger partial charge in [0.25, 0.3) is 0 Å². The lowest BCUT2D eigenvalue weighted by atomic mass is 10.1. The first-order valence-corrected chi connectivity index (χ1v) is 7.75. The molecule has 0 N–H and O–H groups in total. The Labute approximate surface area is 121 Å². The average molecular weight is 275 g/mol. The Hall–Kier alpha value is -1.58. The number of nitrogens with zero attached hydrogens (tertiary/aromatic N) is 3. The molecule has 20 heavy (non-hydrogen) atoms. The van der Waals surface area contributed by atoms with E-state index in [1.54, 1.807) is 0 Å². The summed E-state index contributed by atoms with van der Waals surface area (Å²) in [5, 5.41) is 0. The molecule has 1 aliphatic rings. The zero-order valence-electron chi connectivity index (χ0n) is 12.4. The number of carbonyl (C=O) groups is 1. The van der Waals surface area contributed by atoms with Gasteiger partial charge in [0.15, 0.2) is 0 Å². The van der Waals surface area contributed by atoms with E-state index in [-0.39, 0.29) is 0 Å². The summed E-state index contributed by atoms with van der Waals surface area (Å²) in [4.78, 5) is 20.7. The first-order valence-electron chi connectivity index (χ1n) is 7.75. The number of anilines is 1. The minimum absolute atomic E-state index is 0.321. The van der Waals surface area contributed by atoms with Gasteiger partial charge in [-0.2, -0.15) is 0 Å². The maximum absolute atomic E-state index is 12.1. The van der Waals surface area contributed by atoms with Gasteiger partial charge in [0.05, 0.1) is 0 Å². The number of hydrogen-bond donors (Lipinski definition) is 0. The van der Waals surface area contributed by atoms with Crippen LogP contribution in [0.1, 0.15) is 39.0 Å². The van der Waals surface area contributed by atoms with Gasteiger partial charge in [0, 0.05) is 38.8 Å². The largest absolute Gasteiger partial charge is 0.353 e. The summed E-state index contributed by atoms with van der Waals surface area (Å²) >= 11 is 0. The molecule has 1 amide bonds. The van der Waals surface area contributed by atoms with Gasteiger partial charge in [-0.3, -0.25) is 4.79 Å². The van der Waals surface area contributed by atoms with E-state index in [0.717, 1.165) is 38.4 Å². The number of aromatic nitrogens is 1. The van der Waals surface area contributed by atoms with Gasteiger partial charge in [0.1, 0.15) is 5.82 Å². The van der Waals surface area contributed by atoms with Crippen LogP contribution in [-0.4, -0.2) is 42.0 Å². The van der Waals surface area contributed by atoms with Crippen LogP contribution in [0.4, 0.5) is 5.82 Å². The van der Waals surface area contributed by atoms with Gasteiger partial charge in [-0.25, -0.2) is 4.98 Å². The van der Waals surface area contributed by atoms with Crippen LogP contribution in [0.2, 0.25) is 0 Å². The highest BCUT2D eigenvalue weighted by atomic mass is 16.2. The standard InChI is InChI=1S/C16H25N3O/c1-2-3-4-5-9-16(20)19-13-11-18(12-14-19)15-8-6-7-10-17-15/h6-8,10H,2-5,9,11-14H2,1H3. The van der Waals surface area contributed by atoms with Gasteiger partial charge in [-0.05, 0) is 18.6 Å². The van der Waals surface area contributed by atoms with Crippen molar-refractivity contribution in [3.8, 4) is 0 Å². The third kappa shape index (κ3) is 4.22. The third-order valence-electron chi connectivity index (χ3n) is 3.85. The number of rotatable bonds is 6. The molecule has 4 nitrogen and oxygen atoms in total. The summed E-state index contributed by atoms with van der Waals surface area (Å²) < 4.78 is 0. The molecule has 110 valence electrons. The summed E-state index contributed by atoms with van der Waals surface area (Å²) in [6, 6.07) is 5.97. The highest BCUT2D eigenvalue weighted by Gasteiger charge is 2.21. The van der Waals surface area contributed by atoms with Crippen LogP contribution in [0.5, 0.6) is 0 Å². The predicted molar refractivity (Wildman–Crippen MR) is 81.8 cm³/mol. The first kappa shape index (κ1) is 14.8. The Kier molecular flexibility index (Phi) is 5.84. The quantitative estimate of drug-likeness (QED) is 0.749. The van der Waals surface area contributed by atoms with Crippen molar-refractivity contribution in [1.29, 1.82) is 0 Å². The van der Waals surface area contributed by atoms with Gasteiger partial charge >= 0.3 is 0 Å². The molecule has 0 unspecified atom stereocenters. The van der Waals surface area contributed by atoms with Crippen LogP contribution < -0.4 is 4.90 Å². The van der Waals surface area contributed by atoms with E-state index in [2.05, 4.69) is 16.8 Å². The number of unbranched alkanes of at least 4 members (excludes halogenated alkanes) is 3. The lowest BCUT2D eigenvalue weighted by Crippen LogP contribution is -2.49. The minimum atomic E-state index is 0.321. The van der Waals surface area contributed by atoms with Gasteiger partial charge in [-0.15, -0.1) is 0 Å². The summed E-state index contributed by atoms with van der Waals surface area (Å²) in [6.45, 7) is 5.61. The number of carbonyl (C=O) groups excluding carboxylic acids is 1. The zero-order chi connectivity index (χ0) is 14.2. The van der Waals surface area contributed by atoms with Crippen LogP contribution >= 0.6 is 0 Å². The number of pyridine rings is 1. The van der Waals surface area contributed by atoms with E-state index in [1.807, 2.05) is 29.3 Å². The van der Waals surface area contributed by atoms with Gasteiger partial charge in [0.2, 0.25) is 5.91 Å². The molecule has 4 heteroatoms. The van der Waals surface area contributed by atoms with E-state index in [1.165, 1.54) is 19.3 Å². The van der Waals surface area contributed by atoms with E-state index >= 15 is 0 Å². The van der Waals surface area contributed by atoms with E-state index in [9.17, 15) is 4.79 Å². The molecule has 0 spiro atoms. The summed E-state index contributed by atoms with van der Waals surface area (Å²) in [7, 11) is 0.